The van der Waals surface area contributed by atoms with Gasteiger partial charge in [-0.3, -0.25) is 14.5 Å². The summed E-state index contributed by atoms with van der Waals surface area (Å²) >= 11 is 0.760. The van der Waals surface area contributed by atoms with Crippen molar-refractivity contribution in [1.29, 1.82) is 0 Å². The monoisotopic (exact) mass is 420 g/mol. The minimum Gasteiger partial charge on any atom is -0.464 e. The summed E-state index contributed by atoms with van der Waals surface area (Å²) in [5.41, 5.74) is 5.97. The number of carbonyl (C=O) groups excluding carboxylic acids is 3. The Kier molecular flexibility index (Phi) is 10.8. The van der Waals surface area contributed by atoms with E-state index >= 15 is 0 Å². The number of ether oxygens (including phenoxy) is 4. The van der Waals surface area contributed by atoms with Crippen molar-refractivity contribution in [1.82, 2.24) is 4.90 Å². The molecule has 0 aromatic rings. The molecule has 0 aromatic carbocycles. The highest BCUT2D eigenvalue weighted by atomic mass is 32.2. The fraction of sp³-hybridized carbons (Fsp3) is 0.833. The number of esters is 2. The van der Waals surface area contributed by atoms with E-state index in [1.165, 1.54) is 0 Å². The first kappa shape index (κ1) is 24.7. The van der Waals surface area contributed by atoms with Crippen LogP contribution in [0.5, 0.6) is 0 Å². The Bertz CT molecular complexity index is 522. The van der Waals surface area contributed by atoms with E-state index in [1.54, 1.807) is 27.7 Å². The van der Waals surface area contributed by atoms with Gasteiger partial charge in [0.25, 0.3) is 0 Å². The number of morpholine rings is 1. The molecule has 1 saturated heterocycles. The van der Waals surface area contributed by atoms with Crippen LogP contribution in [-0.4, -0.2) is 79.2 Å². The number of hydrogen-bond acceptors (Lipinski definition) is 10. The minimum absolute atomic E-state index is 0.264. The van der Waals surface area contributed by atoms with Crippen molar-refractivity contribution in [2.24, 2.45) is 11.7 Å². The van der Waals surface area contributed by atoms with Crippen LogP contribution in [0.2, 0.25) is 0 Å². The zero-order valence-electron chi connectivity index (χ0n) is 17.1. The molecule has 2 N–H and O–H groups in total. The molecule has 0 unspecified atom stereocenters. The Morgan fingerprint density at radius 3 is 2.36 bits per heavy atom. The lowest BCUT2D eigenvalue weighted by Crippen LogP contribution is -2.48. The third kappa shape index (κ3) is 9.22. The molecule has 162 valence electrons. The van der Waals surface area contributed by atoms with Crippen LogP contribution in [0.4, 0.5) is 4.79 Å². The van der Waals surface area contributed by atoms with Gasteiger partial charge < -0.3 is 24.7 Å². The number of hydrogen-bond donors (Lipinski definition) is 1. The van der Waals surface area contributed by atoms with E-state index in [2.05, 4.69) is 4.90 Å². The zero-order chi connectivity index (χ0) is 21.2. The molecule has 0 aliphatic carbocycles. The summed E-state index contributed by atoms with van der Waals surface area (Å²) in [5, 5.41) is -0.683. The van der Waals surface area contributed by atoms with Crippen molar-refractivity contribution in [2.45, 2.75) is 44.9 Å². The fourth-order valence-corrected chi connectivity index (χ4v) is 3.03. The molecular formula is C18H32N2O7S. The van der Waals surface area contributed by atoms with Gasteiger partial charge in [-0.05, 0) is 32.0 Å². The van der Waals surface area contributed by atoms with E-state index in [1.807, 2.05) is 0 Å². The summed E-state index contributed by atoms with van der Waals surface area (Å²) < 4.78 is 19.2. The van der Waals surface area contributed by atoms with Crippen LogP contribution in [0.15, 0.2) is 0 Å². The van der Waals surface area contributed by atoms with E-state index in [0.29, 0.717) is 6.42 Å². The Morgan fingerprint density at radius 2 is 1.75 bits per heavy atom. The highest BCUT2D eigenvalue weighted by Crippen LogP contribution is 2.29. The summed E-state index contributed by atoms with van der Waals surface area (Å²) in [6, 6.07) is -1.01. The normalized spacial score (nSPS) is 16.5. The lowest BCUT2D eigenvalue weighted by molar-refractivity contribution is -0.155. The summed E-state index contributed by atoms with van der Waals surface area (Å²) in [6.07, 6.45) is 0.704. The van der Waals surface area contributed by atoms with E-state index in [-0.39, 0.29) is 12.5 Å². The van der Waals surface area contributed by atoms with Crippen LogP contribution in [0.3, 0.4) is 0 Å². The van der Waals surface area contributed by atoms with Crippen LogP contribution in [0.1, 0.15) is 34.1 Å². The summed E-state index contributed by atoms with van der Waals surface area (Å²) in [6.45, 7) is 10.5. The van der Waals surface area contributed by atoms with Gasteiger partial charge >= 0.3 is 17.2 Å². The molecule has 1 heterocycles. The van der Waals surface area contributed by atoms with Gasteiger partial charge in [0.2, 0.25) is 6.79 Å². The molecule has 0 aromatic heterocycles. The fourth-order valence-electron chi connectivity index (χ4n) is 2.27. The number of nitrogens with two attached hydrogens (primary N) is 1. The molecule has 0 amide bonds. The second-order valence-corrected chi connectivity index (χ2v) is 8.88. The van der Waals surface area contributed by atoms with Gasteiger partial charge in [-0.1, -0.05) is 13.8 Å². The lowest BCUT2D eigenvalue weighted by Gasteiger charge is -2.28. The average molecular weight is 421 g/mol. The predicted molar refractivity (Wildman–Crippen MR) is 105 cm³/mol. The smallest absolute Gasteiger partial charge is 0.370 e. The van der Waals surface area contributed by atoms with Crippen LogP contribution >= 0.6 is 11.8 Å². The average Bonchev–Trinajstić information content (AvgIpc) is 2.64. The number of carbonyl (C=O) groups is 3. The Morgan fingerprint density at radius 1 is 1.11 bits per heavy atom. The van der Waals surface area contributed by atoms with Gasteiger partial charge in [-0.25, -0.2) is 4.79 Å². The number of rotatable bonds is 10. The van der Waals surface area contributed by atoms with Crippen LogP contribution < -0.4 is 5.73 Å². The maximum atomic E-state index is 12.2. The van der Waals surface area contributed by atoms with Crippen molar-refractivity contribution in [3.63, 3.8) is 0 Å². The van der Waals surface area contributed by atoms with E-state index in [4.69, 9.17) is 24.7 Å². The molecule has 1 aliphatic heterocycles. The van der Waals surface area contributed by atoms with Gasteiger partial charge in [-0.15, -0.1) is 0 Å². The predicted octanol–water partition coefficient (Wildman–Crippen LogP) is 1.38. The molecule has 1 aliphatic rings. The molecule has 1 rings (SSSR count). The van der Waals surface area contributed by atoms with Crippen molar-refractivity contribution >= 4 is 29.0 Å². The van der Waals surface area contributed by atoms with Crippen molar-refractivity contribution in [3.8, 4) is 0 Å². The van der Waals surface area contributed by atoms with Crippen LogP contribution in [0.25, 0.3) is 0 Å². The van der Waals surface area contributed by atoms with Gasteiger partial charge in [0.05, 0.1) is 25.7 Å². The SMILES string of the molecule is CC(C)C(=O)OCOC(=O)SC(C)(C)[C@@H](N)C(=O)OCCCN1CCOCC1. The Hall–Kier alpha value is -1.36. The second-order valence-electron chi connectivity index (χ2n) is 7.29. The van der Waals surface area contributed by atoms with Crippen LogP contribution in [-0.2, 0) is 28.5 Å². The molecule has 0 spiro atoms. The van der Waals surface area contributed by atoms with E-state index < -0.39 is 34.8 Å². The standard InChI is InChI=1S/C18H32N2O7S/c1-13(2)15(21)26-12-27-17(23)28-18(3,4)14(19)16(22)25-9-5-6-20-7-10-24-11-8-20/h13-14H,5-12,19H2,1-4H3/t14-/m0/s1. The molecule has 28 heavy (non-hydrogen) atoms. The lowest BCUT2D eigenvalue weighted by atomic mass is 10.0. The molecule has 9 nitrogen and oxygen atoms in total. The highest BCUT2D eigenvalue weighted by molar-refractivity contribution is 8.14. The zero-order valence-corrected chi connectivity index (χ0v) is 17.9. The third-order valence-corrected chi connectivity index (χ3v) is 5.23. The summed E-state index contributed by atoms with van der Waals surface area (Å²) in [5.74, 6) is -1.35. The molecular weight excluding hydrogens is 388 g/mol. The van der Waals surface area contributed by atoms with Gasteiger partial charge in [0.1, 0.15) is 6.04 Å². The Labute approximate surface area is 170 Å². The van der Waals surface area contributed by atoms with Crippen molar-refractivity contribution in [2.75, 3.05) is 46.2 Å². The van der Waals surface area contributed by atoms with Gasteiger partial charge in [0, 0.05) is 24.4 Å². The third-order valence-electron chi connectivity index (χ3n) is 4.17. The number of thioether (sulfide) groups is 1. The van der Waals surface area contributed by atoms with E-state index in [9.17, 15) is 14.4 Å². The van der Waals surface area contributed by atoms with Gasteiger partial charge in [0.15, 0.2) is 0 Å². The first-order valence-electron chi connectivity index (χ1n) is 9.38. The maximum Gasteiger partial charge on any atom is 0.370 e. The Balaban J connectivity index is 2.28. The first-order valence-corrected chi connectivity index (χ1v) is 10.2. The number of nitrogens with zero attached hydrogens (tertiary/aromatic N) is 1. The molecule has 0 saturated carbocycles. The minimum atomic E-state index is -1.01. The summed E-state index contributed by atoms with van der Waals surface area (Å²) in [7, 11) is 0. The molecule has 1 atom stereocenters. The molecule has 0 radical (unpaired) electrons. The quantitative estimate of drug-likeness (QED) is 0.315. The maximum absolute atomic E-state index is 12.2. The van der Waals surface area contributed by atoms with Crippen LogP contribution in [0, 0.1) is 5.92 Å². The first-order chi connectivity index (χ1) is 13.1. The van der Waals surface area contributed by atoms with E-state index in [0.717, 1.165) is 44.6 Å². The van der Waals surface area contributed by atoms with Gasteiger partial charge in [-0.2, -0.15) is 0 Å². The summed E-state index contributed by atoms with van der Waals surface area (Å²) in [4.78, 5) is 37.7. The second kappa shape index (κ2) is 12.3. The molecule has 0 bridgehead atoms. The molecule has 10 heteroatoms. The highest BCUT2D eigenvalue weighted by Gasteiger charge is 2.37. The largest absolute Gasteiger partial charge is 0.464 e. The molecule has 1 fully saturated rings. The van der Waals surface area contributed by atoms with Crippen molar-refractivity contribution in [3.05, 3.63) is 0 Å². The topological polar surface area (TPSA) is 117 Å². The van der Waals surface area contributed by atoms with Crippen molar-refractivity contribution < 1.29 is 33.3 Å².